The SMILES string of the molecule is C=CCN(Cc1ccc(Cl)s1)C(=O)c1sccc1S(=O)(=O)N1CCCCC1. The maximum absolute atomic E-state index is 13.1. The second-order valence-corrected chi connectivity index (χ2v) is 10.9. The lowest BCUT2D eigenvalue weighted by atomic mass is 10.2. The molecule has 0 N–H and O–H groups in total. The van der Waals surface area contributed by atoms with Crippen LogP contribution in [0.4, 0.5) is 0 Å². The molecule has 0 saturated carbocycles. The van der Waals surface area contributed by atoms with Gasteiger partial charge in [-0.1, -0.05) is 24.1 Å². The van der Waals surface area contributed by atoms with Crippen LogP contribution in [-0.4, -0.2) is 43.2 Å². The highest BCUT2D eigenvalue weighted by molar-refractivity contribution is 7.89. The Hall–Kier alpha value is -1.19. The zero-order chi connectivity index (χ0) is 19.4. The maximum Gasteiger partial charge on any atom is 0.265 e. The molecule has 27 heavy (non-hydrogen) atoms. The van der Waals surface area contributed by atoms with E-state index < -0.39 is 10.0 Å². The molecule has 0 atom stereocenters. The molecule has 146 valence electrons. The predicted octanol–water partition coefficient (Wildman–Crippen LogP) is 4.47. The molecule has 3 heterocycles. The molecule has 1 aliphatic heterocycles. The minimum absolute atomic E-state index is 0.109. The van der Waals surface area contributed by atoms with Gasteiger partial charge in [-0.2, -0.15) is 4.31 Å². The van der Waals surface area contributed by atoms with Gasteiger partial charge in [0.05, 0.1) is 10.9 Å². The number of halogens is 1. The van der Waals surface area contributed by atoms with Gasteiger partial charge in [0, 0.05) is 24.5 Å². The van der Waals surface area contributed by atoms with Crippen LogP contribution in [0.2, 0.25) is 4.34 Å². The van der Waals surface area contributed by atoms with Crippen LogP contribution >= 0.6 is 34.3 Å². The Morgan fingerprint density at radius 2 is 2.00 bits per heavy atom. The van der Waals surface area contributed by atoms with E-state index in [9.17, 15) is 13.2 Å². The highest BCUT2D eigenvalue weighted by atomic mass is 35.5. The van der Waals surface area contributed by atoms with E-state index in [2.05, 4.69) is 6.58 Å². The monoisotopic (exact) mass is 444 g/mol. The van der Waals surface area contributed by atoms with E-state index in [1.165, 1.54) is 21.7 Å². The number of nitrogens with zero attached hydrogens (tertiary/aromatic N) is 2. The van der Waals surface area contributed by atoms with Gasteiger partial charge >= 0.3 is 0 Å². The molecule has 0 aromatic carbocycles. The van der Waals surface area contributed by atoms with Crippen LogP contribution in [0.15, 0.2) is 41.1 Å². The molecule has 0 radical (unpaired) electrons. The van der Waals surface area contributed by atoms with Crippen molar-refractivity contribution in [2.24, 2.45) is 0 Å². The summed E-state index contributed by atoms with van der Waals surface area (Å²) in [5.41, 5.74) is 0. The molecule has 0 aliphatic carbocycles. The Labute approximate surface area is 172 Å². The standard InChI is InChI=1S/C18H21ClN2O3S3/c1-2-9-20(13-14-6-7-16(19)26-14)18(22)17-15(8-12-25-17)27(23,24)21-10-4-3-5-11-21/h2,6-8,12H,1,3-5,9-11,13H2. The molecule has 0 bridgehead atoms. The number of piperidine rings is 1. The van der Waals surface area contributed by atoms with Crippen LogP contribution in [0.3, 0.4) is 0 Å². The van der Waals surface area contributed by atoms with Crippen LogP contribution in [0, 0.1) is 0 Å². The zero-order valence-electron chi connectivity index (χ0n) is 14.8. The quantitative estimate of drug-likeness (QED) is 0.592. The molecule has 0 unspecified atom stereocenters. The Balaban J connectivity index is 1.87. The van der Waals surface area contributed by atoms with E-state index in [0.717, 1.165) is 35.5 Å². The zero-order valence-corrected chi connectivity index (χ0v) is 18.0. The molecule has 2 aromatic rings. The van der Waals surface area contributed by atoms with Crippen molar-refractivity contribution in [2.75, 3.05) is 19.6 Å². The van der Waals surface area contributed by atoms with Crippen molar-refractivity contribution in [1.29, 1.82) is 0 Å². The van der Waals surface area contributed by atoms with E-state index in [4.69, 9.17) is 11.6 Å². The van der Waals surface area contributed by atoms with E-state index in [1.807, 2.05) is 6.07 Å². The summed E-state index contributed by atoms with van der Waals surface area (Å²) in [6.07, 6.45) is 4.39. The highest BCUT2D eigenvalue weighted by Crippen LogP contribution is 2.29. The number of hydrogen-bond donors (Lipinski definition) is 0. The van der Waals surface area contributed by atoms with Crippen molar-refractivity contribution in [3.63, 3.8) is 0 Å². The van der Waals surface area contributed by atoms with Crippen LogP contribution in [0.5, 0.6) is 0 Å². The van der Waals surface area contributed by atoms with E-state index in [-0.39, 0.29) is 15.7 Å². The van der Waals surface area contributed by atoms with Crippen LogP contribution < -0.4 is 0 Å². The lowest BCUT2D eigenvalue weighted by Crippen LogP contribution is -2.37. The molecule has 1 fully saturated rings. The minimum Gasteiger partial charge on any atom is -0.329 e. The molecule has 1 aliphatic rings. The van der Waals surface area contributed by atoms with Crippen LogP contribution in [-0.2, 0) is 16.6 Å². The second-order valence-electron chi connectivity index (χ2n) is 6.26. The van der Waals surface area contributed by atoms with Gasteiger partial charge in [0.25, 0.3) is 5.91 Å². The van der Waals surface area contributed by atoms with E-state index >= 15 is 0 Å². The first-order valence-corrected chi connectivity index (χ1v) is 12.2. The molecule has 5 nitrogen and oxygen atoms in total. The third-order valence-electron chi connectivity index (χ3n) is 4.37. The summed E-state index contributed by atoms with van der Waals surface area (Å²) in [6.45, 7) is 5.43. The first-order chi connectivity index (χ1) is 12.9. The van der Waals surface area contributed by atoms with Gasteiger partial charge in [0.1, 0.15) is 9.77 Å². The van der Waals surface area contributed by atoms with Crippen molar-refractivity contribution in [3.05, 3.63) is 50.3 Å². The van der Waals surface area contributed by atoms with Crippen molar-refractivity contribution >= 4 is 50.2 Å². The highest BCUT2D eigenvalue weighted by Gasteiger charge is 2.32. The first-order valence-electron chi connectivity index (χ1n) is 8.65. The Morgan fingerprint density at radius 1 is 1.26 bits per heavy atom. The summed E-state index contributed by atoms with van der Waals surface area (Å²) in [7, 11) is -3.66. The maximum atomic E-state index is 13.1. The van der Waals surface area contributed by atoms with Gasteiger partial charge in [0.15, 0.2) is 0 Å². The fraction of sp³-hybridized carbons (Fsp3) is 0.389. The normalized spacial score (nSPS) is 15.6. The number of rotatable bonds is 7. The minimum atomic E-state index is -3.66. The number of carbonyl (C=O) groups excluding carboxylic acids is 1. The third kappa shape index (κ3) is 4.63. The molecule has 9 heteroatoms. The number of carbonyl (C=O) groups is 1. The molecule has 0 spiro atoms. The van der Waals surface area contributed by atoms with Crippen molar-refractivity contribution < 1.29 is 13.2 Å². The first kappa shape index (κ1) is 20.5. The molecular weight excluding hydrogens is 424 g/mol. The van der Waals surface area contributed by atoms with Crippen molar-refractivity contribution in [2.45, 2.75) is 30.7 Å². The molecule has 1 saturated heterocycles. The van der Waals surface area contributed by atoms with Crippen LogP contribution in [0.1, 0.15) is 33.8 Å². The number of amides is 1. The smallest absolute Gasteiger partial charge is 0.265 e. The summed E-state index contributed by atoms with van der Waals surface area (Å²) in [6, 6.07) is 5.20. The lowest BCUT2D eigenvalue weighted by Gasteiger charge is -2.26. The summed E-state index contributed by atoms with van der Waals surface area (Å²) in [5, 5.41) is 1.66. The lowest BCUT2D eigenvalue weighted by molar-refractivity contribution is 0.0765. The van der Waals surface area contributed by atoms with Gasteiger partial charge in [0.2, 0.25) is 10.0 Å². The van der Waals surface area contributed by atoms with E-state index in [1.54, 1.807) is 22.4 Å². The molecule has 3 rings (SSSR count). The summed E-state index contributed by atoms with van der Waals surface area (Å²) in [5.74, 6) is -0.301. The molecule has 2 aromatic heterocycles. The number of sulfonamides is 1. The number of thiophene rings is 2. The van der Waals surface area contributed by atoms with Crippen molar-refractivity contribution in [1.82, 2.24) is 9.21 Å². The Morgan fingerprint density at radius 3 is 2.63 bits per heavy atom. The van der Waals surface area contributed by atoms with Crippen LogP contribution in [0.25, 0.3) is 0 Å². The van der Waals surface area contributed by atoms with Gasteiger partial charge in [-0.25, -0.2) is 8.42 Å². The second kappa shape index (κ2) is 8.87. The van der Waals surface area contributed by atoms with Gasteiger partial charge < -0.3 is 4.90 Å². The fourth-order valence-electron chi connectivity index (χ4n) is 3.04. The van der Waals surface area contributed by atoms with Gasteiger partial charge in [-0.15, -0.1) is 29.3 Å². The summed E-state index contributed by atoms with van der Waals surface area (Å²) < 4.78 is 28.2. The van der Waals surface area contributed by atoms with E-state index in [0.29, 0.717) is 30.5 Å². The fourth-order valence-corrected chi connectivity index (χ4v) is 7.03. The Kier molecular flexibility index (Phi) is 6.75. The molecular formula is C18H21ClN2O3S3. The largest absolute Gasteiger partial charge is 0.329 e. The van der Waals surface area contributed by atoms with Gasteiger partial charge in [-0.3, -0.25) is 4.79 Å². The summed E-state index contributed by atoms with van der Waals surface area (Å²) in [4.78, 5) is 16.0. The molecule has 1 amide bonds. The number of hydrogen-bond acceptors (Lipinski definition) is 5. The average molecular weight is 445 g/mol. The topological polar surface area (TPSA) is 57.7 Å². The predicted molar refractivity (Wildman–Crippen MR) is 111 cm³/mol. The summed E-state index contributed by atoms with van der Waals surface area (Å²) >= 11 is 8.55. The van der Waals surface area contributed by atoms with Crippen molar-refractivity contribution in [3.8, 4) is 0 Å². The third-order valence-corrected chi connectivity index (χ3v) is 8.56. The average Bonchev–Trinajstić information content (AvgIpc) is 3.31. The van der Waals surface area contributed by atoms with Gasteiger partial charge in [-0.05, 0) is 36.4 Å². The Bertz CT molecular complexity index is 914.